The van der Waals surface area contributed by atoms with E-state index in [2.05, 4.69) is 5.32 Å². The number of sulfone groups is 1. The van der Waals surface area contributed by atoms with E-state index in [-0.39, 0.29) is 21.9 Å². The van der Waals surface area contributed by atoms with Crippen LogP contribution in [0, 0.1) is 16.0 Å². The van der Waals surface area contributed by atoms with Gasteiger partial charge in [0.05, 0.1) is 4.92 Å². The second-order valence-corrected chi connectivity index (χ2v) is 7.78. The number of nitrogens with zero attached hydrogens (tertiary/aromatic N) is 1. The first-order chi connectivity index (χ1) is 8.12. The summed E-state index contributed by atoms with van der Waals surface area (Å²) in [6, 6.07) is 1.13. The molecule has 0 spiro atoms. The van der Waals surface area contributed by atoms with Crippen LogP contribution in [0.25, 0.3) is 0 Å². The van der Waals surface area contributed by atoms with Gasteiger partial charge in [-0.05, 0) is 12.8 Å². The van der Waals surface area contributed by atoms with E-state index in [0.29, 0.717) is 5.00 Å². The Morgan fingerprint density at radius 3 is 2.33 bits per heavy atom. The predicted octanol–water partition coefficient (Wildman–Crippen LogP) is 2.52. The Hall–Kier alpha value is -1.15. The van der Waals surface area contributed by atoms with Crippen molar-refractivity contribution in [3.05, 3.63) is 16.2 Å². The molecular weight excluding hydrogens is 276 g/mol. The van der Waals surface area contributed by atoms with Gasteiger partial charge in [0.25, 0.3) is 0 Å². The van der Waals surface area contributed by atoms with E-state index in [1.54, 1.807) is 0 Å². The van der Waals surface area contributed by atoms with Gasteiger partial charge in [-0.3, -0.25) is 10.1 Å². The molecule has 0 amide bonds. The molecule has 8 heteroatoms. The molecule has 1 aromatic rings. The normalized spacial score (nSPS) is 13.6. The van der Waals surface area contributed by atoms with Crippen LogP contribution in [0.15, 0.2) is 10.3 Å². The molecule has 6 nitrogen and oxygen atoms in total. The van der Waals surface area contributed by atoms with Gasteiger partial charge in [0.15, 0.2) is 14.8 Å². The number of nitro groups is 1. The Morgan fingerprint density at radius 2 is 1.94 bits per heavy atom. The SMILES string of the molecule is CC(C)C(C)Nc1sc(S(C)(=O)=O)cc1[N+](=O)[O-]. The van der Waals surface area contributed by atoms with Crippen molar-refractivity contribution in [2.75, 3.05) is 11.6 Å². The zero-order chi connectivity index (χ0) is 14.1. The van der Waals surface area contributed by atoms with Gasteiger partial charge >= 0.3 is 5.69 Å². The fraction of sp³-hybridized carbons (Fsp3) is 0.600. The number of nitrogens with one attached hydrogen (secondary N) is 1. The van der Waals surface area contributed by atoms with Crippen LogP contribution in [-0.4, -0.2) is 25.6 Å². The minimum absolute atomic E-state index is 0.00709. The van der Waals surface area contributed by atoms with Crippen LogP contribution in [0.5, 0.6) is 0 Å². The Bertz CT molecular complexity index is 548. The van der Waals surface area contributed by atoms with E-state index >= 15 is 0 Å². The highest BCUT2D eigenvalue weighted by atomic mass is 32.2. The van der Waals surface area contributed by atoms with Crippen molar-refractivity contribution in [2.24, 2.45) is 5.92 Å². The molecule has 0 bridgehead atoms. The van der Waals surface area contributed by atoms with Crippen LogP contribution in [0.2, 0.25) is 0 Å². The lowest BCUT2D eigenvalue weighted by Crippen LogP contribution is -2.21. The molecule has 18 heavy (non-hydrogen) atoms. The van der Waals surface area contributed by atoms with Crippen LogP contribution in [0.1, 0.15) is 20.8 Å². The molecule has 0 aliphatic carbocycles. The lowest BCUT2D eigenvalue weighted by atomic mass is 10.1. The van der Waals surface area contributed by atoms with Crippen LogP contribution >= 0.6 is 11.3 Å². The maximum absolute atomic E-state index is 11.4. The minimum Gasteiger partial charge on any atom is -0.369 e. The van der Waals surface area contributed by atoms with Crippen LogP contribution in [-0.2, 0) is 9.84 Å². The summed E-state index contributed by atoms with van der Waals surface area (Å²) in [5.41, 5.74) is -0.187. The van der Waals surface area contributed by atoms with Gasteiger partial charge in [-0.25, -0.2) is 8.42 Å². The Morgan fingerprint density at radius 1 is 1.39 bits per heavy atom. The molecule has 1 atom stereocenters. The first-order valence-corrected chi connectivity index (χ1v) is 8.08. The highest BCUT2D eigenvalue weighted by Gasteiger charge is 2.24. The second-order valence-electron chi connectivity index (χ2n) is 4.49. The first kappa shape index (κ1) is 14.9. The summed E-state index contributed by atoms with van der Waals surface area (Å²) in [4.78, 5) is 10.3. The molecule has 0 radical (unpaired) electrons. The molecule has 0 saturated heterocycles. The van der Waals surface area contributed by atoms with E-state index in [1.807, 2.05) is 20.8 Å². The van der Waals surface area contributed by atoms with E-state index in [4.69, 9.17) is 0 Å². The van der Waals surface area contributed by atoms with Gasteiger partial charge in [0.2, 0.25) is 0 Å². The topological polar surface area (TPSA) is 89.3 Å². The van der Waals surface area contributed by atoms with Gasteiger partial charge in [0, 0.05) is 18.4 Å². The van der Waals surface area contributed by atoms with Crippen molar-refractivity contribution >= 4 is 31.9 Å². The average molecular weight is 292 g/mol. The zero-order valence-corrected chi connectivity index (χ0v) is 12.3. The number of rotatable bonds is 5. The Balaban J connectivity index is 3.18. The molecule has 0 aliphatic rings. The molecule has 1 unspecified atom stereocenters. The summed E-state index contributed by atoms with van der Waals surface area (Å²) < 4.78 is 22.8. The fourth-order valence-corrected chi connectivity index (χ4v) is 3.19. The van der Waals surface area contributed by atoms with Crippen molar-refractivity contribution in [1.29, 1.82) is 0 Å². The maximum atomic E-state index is 11.4. The number of thiophene rings is 1. The molecule has 1 rings (SSSR count). The Labute approximate surface area is 110 Å². The zero-order valence-electron chi connectivity index (χ0n) is 10.6. The highest BCUT2D eigenvalue weighted by Crippen LogP contribution is 2.37. The quantitative estimate of drug-likeness (QED) is 0.665. The summed E-state index contributed by atoms with van der Waals surface area (Å²) in [5, 5.41) is 14.2. The summed E-state index contributed by atoms with van der Waals surface area (Å²) >= 11 is 0.900. The van der Waals surface area contributed by atoms with Crippen molar-refractivity contribution in [2.45, 2.75) is 31.0 Å². The van der Waals surface area contributed by atoms with E-state index < -0.39 is 14.8 Å². The maximum Gasteiger partial charge on any atom is 0.304 e. The summed E-state index contributed by atoms with van der Waals surface area (Å²) in [6.45, 7) is 5.86. The van der Waals surface area contributed by atoms with Crippen molar-refractivity contribution < 1.29 is 13.3 Å². The molecule has 1 N–H and O–H groups in total. The third-order valence-electron chi connectivity index (χ3n) is 2.61. The molecule has 0 saturated carbocycles. The number of hydrogen-bond acceptors (Lipinski definition) is 6. The van der Waals surface area contributed by atoms with E-state index in [0.717, 1.165) is 23.7 Å². The Kier molecular flexibility index (Phi) is 4.33. The minimum atomic E-state index is -3.42. The summed E-state index contributed by atoms with van der Waals surface area (Å²) in [5.74, 6) is 0.286. The third kappa shape index (κ3) is 3.42. The highest BCUT2D eigenvalue weighted by molar-refractivity contribution is 7.92. The van der Waals surface area contributed by atoms with Gasteiger partial charge in [-0.2, -0.15) is 0 Å². The lowest BCUT2D eigenvalue weighted by Gasteiger charge is -2.16. The van der Waals surface area contributed by atoms with Gasteiger partial charge in [0.1, 0.15) is 4.21 Å². The number of anilines is 1. The first-order valence-electron chi connectivity index (χ1n) is 5.37. The van der Waals surface area contributed by atoms with Crippen molar-refractivity contribution in [3.8, 4) is 0 Å². The predicted molar refractivity (Wildman–Crippen MR) is 72.0 cm³/mol. The third-order valence-corrected chi connectivity index (χ3v) is 5.47. The molecule has 0 aromatic carbocycles. The van der Waals surface area contributed by atoms with Crippen LogP contribution < -0.4 is 5.32 Å². The largest absolute Gasteiger partial charge is 0.369 e. The summed E-state index contributed by atoms with van der Waals surface area (Å²) in [6.07, 6.45) is 1.04. The molecular formula is C10H16N2O4S2. The van der Waals surface area contributed by atoms with Gasteiger partial charge < -0.3 is 5.32 Å². The monoisotopic (exact) mass is 292 g/mol. The van der Waals surface area contributed by atoms with Crippen molar-refractivity contribution in [1.82, 2.24) is 0 Å². The second kappa shape index (κ2) is 5.23. The van der Waals surface area contributed by atoms with Crippen LogP contribution in [0.4, 0.5) is 10.7 Å². The van der Waals surface area contributed by atoms with Crippen molar-refractivity contribution in [3.63, 3.8) is 0 Å². The molecule has 0 fully saturated rings. The standard InChI is InChI=1S/C10H16N2O4S2/c1-6(2)7(3)11-10-8(12(13)14)5-9(17-10)18(4,15)16/h5-7,11H,1-4H3. The van der Waals surface area contributed by atoms with E-state index in [1.165, 1.54) is 0 Å². The average Bonchev–Trinajstić information content (AvgIpc) is 2.60. The fourth-order valence-electron chi connectivity index (χ4n) is 1.15. The van der Waals surface area contributed by atoms with Gasteiger partial charge in [-0.15, -0.1) is 0 Å². The molecule has 1 heterocycles. The molecule has 102 valence electrons. The molecule has 1 aromatic heterocycles. The van der Waals surface area contributed by atoms with Gasteiger partial charge in [-0.1, -0.05) is 25.2 Å². The molecule has 0 aliphatic heterocycles. The number of hydrogen-bond donors (Lipinski definition) is 1. The smallest absolute Gasteiger partial charge is 0.304 e. The van der Waals surface area contributed by atoms with E-state index in [9.17, 15) is 18.5 Å². The lowest BCUT2D eigenvalue weighted by molar-refractivity contribution is -0.383. The van der Waals surface area contributed by atoms with Crippen LogP contribution in [0.3, 0.4) is 0 Å². The summed E-state index contributed by atoms with van der Waals surface area (Å²) in [7, 11) is -3.42.